The molecule has 0 aliphatic rings. The minimum atomic E-state index is -0.143. The van der Waals surface area contributed by atoms with Crippen molar-refractivity contribution in [2.45, 2.75) is 20.4 Å². The first-order valence-electron chi connectivity index (χ1n) is 10.4. The Labute approximate surface area is 191 Å². The molecule has 6 heteroatoms. The molecule has 0 bridgehead atoms. The summed E-state index contributed by atoms with van der Waals surface area (Å²) in [6.07, 6.45) is 3.34. The number of furan rings is 1. The molecule has 0 saturated heterocycles. The van der Waals surface area contributed by atoms with Crippen molar-refractivity contribution in [3.05, 3.63) is 76.7 Å². The van der Waals surface area contributed by atoms with Crippen molar-refractivity contribution in [3.63, 3.8) is 0 Å². The summed E-state index contributed by atoms with van der Waals surface area (Å²) in [6.45, 7) is 4.87. The van der Waals surface area contributed by atoms with E-state index >= 15 is 0 Å². The molecule has 0 saturated carbocycles. The second-order valence-corrected chi connectivity index (χ2v) is 8.28. The topological polar surface area (TPSA) is 60.7 Å². The molecule has 0 aliphatic heterocycles. The first kappa shape index (κ1) is 21.7. The molecule has 0 atom stereocenters. The van der Waals surface area contributed by atoms with E-state index in [4.69, 9.17) is 13.9 Å². The summed E-state index contributed by atoms with van der Waals surface area (Å²) in [5, 5.41) is 5.87. The first-order chi connectivity index (χ1) is 15.6. The number of rotatable bonds is 8. The predicted molar refractivity (Wildman–Crippen MR) is 129 cm³/mol. The minimum absolute atomic E-state index is 0.143. The minimum Gasteiger partial charge on any atom is -0.496 e. The summed E-state index contributed by atoms with van der Waals surface area (Å²) in [4.78, 5) is 13.6. The van der Waals surface area contributed by atoms with Crippen molar-refractivity contribution < 1.29 is 18.7 Å². The number of carbonyl (C=O) groups excluding carboxylic acids is 1. The summed E-state index contributed by atoms with van der Waals surface area (Å²) < 4.78 is 17.3. The maximum atomic E-state index is 12.5. The lowest BCUT2D eigenvalue weighted by Crippen LogP contribution is -2.20. The van der Waals surface area contributed by atoms with Gasteiger partial charge in [0.05, 0.1) is 26.5 Å². The zero-order chi connectivity index (χ0) is 22.5. The van der Waals surface area contributed by atoms with Gasteiger partial charge in [0.25, 0.3) is 0 Å². The standard InChI is InChI=1S/C26H25NO4S/c1-4-30-24-14-25-21(22(16-31-25)19-9-5-6-10-23(19)29-3)13-20(24)17(2)12-26(28)27-15-18-8-7-11-32-18/h5-14,16H,4,15H2,1-3H3,(H,27,28)/b17-12+. The van der Waals surface area contributed by atoms with Crippen molar-refractivity contribution in [1.29, 1.82) is 0 Å². The molecule has 4 aromatic rings. The Hall–Kier alpha value is -3.51. The van der Waals surface area contributed by atoms with Crippen LogP contribution in [0, 0.1) is 0 Å². The van der Waals surface area contributed by atoms with E-state index in [1.54, 1.807) is 30.8 Å². The van der Waals surface area contributed by atoms with E-state index in [0.717, 1.165) is 38.3 Å². The van der Waals surface area contributed by atoms with Gasteiger partial charge in [0.15, 0.2) is 0 Å². The Morgan fingerprint density at radius 3 is 2.72 bits per heavy atom. The monoisotopic (exact) mass is 447 g/mol. The highest BCUT2D eigenvalue weighted by molar-refractivity contribution is 7.09. The van der Waals surface area contributed by atoms with Gasteiger partial charge in [-0.3, -0.25) is 4.79 Å². The third kappa shape index (κ3) is 4.55. The van der Waals surface area contributed by atoms with Gasteiger partial charge < -0.3 is 19.2 Å². The Morgan fingerprint density at radius 1 is 1.12 bits per heavy atom. The third-order valence-corrected chi connectivity index (χ3v) is 6.04. The molecule has 1 amide bonds. The number of amides is 1. The maximum absolute atomic E-state index is 12.5. The van der Waals surface area contributed by atoms with Crippen LogP contribution in [-0.4, -0.2) is 19.6 Å². The second kappa shape index (κ2) is 9.75. The van der Waals surface area contributed by atoms with E-state index in [2.05, 4.69) is 5.32 Å². The number of ether oxygens (including phenoxy) is 2. The highest BCUT2D eigenvalue weighted by Crippen LogP contribution is 2.40. The Morgan fingerprint density at radius 2 is 1.97 bits per heavy atom. The van der Waals surface area contributed by atoms with Gasteiger partial charge in [-0.25, -0.2) is 0 Å². The van der Waals surface area contributed by atoms with Crippen LogP contribution in [-0.2, 0) is 11.3 Å². The van der Waals surface area contributed by atoms with Gasteiger partial charge in [-0.2, -0.15) is 0 Å². The third-order valence-electron chi connectivity index (χ3n) is 5.16. The first-order valence-corrected chi connectivity index (χ1v) is 11.3. The lowest BCUT2D eigenvalue weighted by atomic mass is 9.98. The summed E-state index contributed by atoms with van der Waals surface area (Å²) in [5.74, 6) is 1.31. The number of hydrogen-bond acceptors (Lipinski definition) is 5. The highest BCUT2D eigenvalue weighted by Gasteiger charge is 2.17. The van der Waals surface area contributed by atoms with Crippen LogP contribution in [0.5, 0.6) is 11.5 Å². The van der Waals surface area contributed by atoms with Crippen LogP contribution in [0.4, 0.5) is 0 Å². The molecule has 0 aliphatic carbocycles. The number of fused-ring (bicyclic) bond motifs is 1. The summed E-state index contributed by atoms with van der Waals surface area (Å²) >= 11 is 1.62. The number of methoxy groups -OCH3 is 1. The van der Waals surface area contributed by atoms with Crippen molar-refractivity contribution >= 4 is 33.8 Å². The molecule has 2 aromatic heterocycles. The van der Waals surface area contributed by atoms with E-state index in [1.807, 2.05) is 67.8 Å². The van der Waals surface area contributed by atoms with Gasteiger partial charge in [-0.15, -0.1) is 11.3 Å². The van der Waals surface area contributed by atoms with E-state index in [1.165, 1.54) is 0 Å². The maximum Gasteiger partial charge on any atom is 0.244 e. The molecular weight excluding hydrogens is 422 g/mol. The summed E-state index contributed by atoms with van der Waals surface area (Å²) in [6, 6.07) is 15.7. The average molecular weight is 448 g/mol. The van der Waals surface area contributed by atoms with E-state index in [9.17, 15) is 4.79 Å². The molecule has 2 heterocycles. The van der Waals surface area contributed by atoms with Gasteiger partial charge in [0.1, 0.15) is 17.1 Å². The Kier molecular flexibility index (Phi) is 6.61. The highest BCUT2D eigenvalue weighted by atomic mass is 32.1. The number of carbonyl (C=O) groups is 1. The number of hydrogen-bond donors (Lipinski definition) is 1. The Balaban J connectivity index is 1.72. The quantitative estimate of drug-likeness (QED) is 0.323. The van der Waals surface area contributed by atoms with Gasteiger partial charge in [-0.05, 0) is 43.0 Å². The van der Waals surface area contributed by atoms with E-state index < -0.39 is 0 Å². The van der Waals surface area contributed by atoms with Crippen molar-refractivity contribution in [2.75, 3.05) is 13.7 Å². The fourth-order valence-electron chi connectivity index (χ4n) is 3.63. The molecule has 2 aromatic carbocycles. The average Bonchev–Trinajstić information content (AvgIpc) is 3.47. The SMILES string of the molecule is CCOc1cc2occ(-c3ccccc3OC)c2cc1/C(C)=C/C(=O)NCc1cccs1. The number of thiophene rings is 1. The van der Waals surface area contributed by atoms with Gasteiger partial charge in [-0.1, -0.05) is 24.3 Å². The van der Waals surface area contributed by atoms with Crippen molar-refractivity contribution in [2.24, 2.45) is 0 Å². The largest absolute Gasteiger partial charge is 0.496 e. The number of para-hydroxylation sites is 1. The summed E-state index contributed by atoms with van der Waals surface area (Å²) in [5.41, 5.74) is 4.25. The molecule has 4 rings (SSSR count). The molecule has 0 radical (unpaired) electrons. The molecule has 0 unspecified atom stereocenters. The summed E-state index contributed by atoms with van der Waals surface area (Å²) in [7, 11) is 1.65. The van der Waals surface area contributed by atoms with Crippen LogP contribution >= 0.6 is 11.3 Å². The molecule has 0 spiro atoms. The van der Waals surface area contributed by atoms with Gasteiger partial charge in [0, 0.05) is 39.1 Å². The second-order valence-electron chi connectivity index (χ2n) is 7.25. The molecule has 32 heavy (non-hydrogen) atoms. The zero-order valence-corrected chi connectivity index (χ0v) is 19.1. The lowest BCUT2D eigenvalue weighted by Gasteiger charge is -2.12. The number of benzene rings is 2. The van der Waals surface area contributed by atoms with Crippen molar-refractivity contribution in [3.8, 4) is 22.6 Å². The van der Waals surface area contributed by atoms with E-state index in [0.29, 0.717) is 24.5 Å². The van der Waals surface area contributed by atoms with Crippen LogP contribution in [0.2, 0.25) is 0 Å². The lowest BCUT2D eigenvalue weighted by molar-refractivity contribution is -0.116. The molecule has 164 valence electrons. The fraction of sp³-hybridized carbons (Fsp3) is 0.192. The van der Waals surface area contributed by atoms with Crippen LogP contribution in [0.3, 0.4) is 0 Å². The van der Waals surface area contributed by atoms with Crippen LogP contribution in [0.1, 0.15) is 24.3 Å². The number of allylic oxidation sites excluding steroid dienone is 1. The smallest absolute Gasteiger partial charge is 0.244 e. The molecule has 5 nitrogen and oxygen atoms in total. The van der Waals surface area contributed by atoms with Crippen molar-refractivity contribution in [1.82, 2.24) is 5.32 Å². The van der Waals surface area contributed by atoms with Crippen LogP contribution in [0.25, 0.3) is 27.7 Å². The Bertz CT molecular complexity index is 1250. The van der Waals surface area contributed by atoms with Gasteiger partial charge in [0.2, 0.25) is 5.91 Å². The molecule has 1 N–H and O–H groups in total. The fourth-order valence-corrected chi connectivity index (χ4v) is 4.27. The van der Waals surface area contributed by atoms with Crippen LogP contribution < -0.4 is 14.8 Å². The number of nitrogens with one attached hydrogen (secondary N) is 1. The normalized spacial score (nSPS) is 11.5. The zero-order valence-electron chi connectivity index (χ0n) is 18.3. The molecule has 0 fully saturated rings. The van der Waals surface area contributed by atoms with Crippen LogP contribution in [0.15, 0.2) is 70.7 Å². The van der Waals surface area contributed by atoms with E-state index in [-0.39, 0.29) is 5.91 Å². The predicted octanol–water partition coefficient (Wildman–Crippen LogP) is 6.29. The van der Waals surface area contributed by atoms with Gasteiger partial charge >= 0.3 is 0 Å². The molecular formula is C26H25NO4S.